The summed E-state index contributed by atoms with van der Waals surface area (Å²) in [5.74, 6) is -1.27. The summed E-state index contributed by atoms with van der Waals surface area (Å²) in [5.41, 5.74) is 1.74. The van der Waals surface area contributed by atoms with Crippen molar-refractivity contribution in [2.24, 2.45) is 0 Å². The fourth-order valence-electron chi connectivity index (χ4n) is 1.85. The lowest BCUT2D eigenvalue weighted by molar-refractivity contribution is 0.0696. The summed E-state index contributed by atoms with van der Waals surface area (Å²) in [6.07, 6.45) is 0.579. The van der Waals surface area contributed by atoms with E-state index >= 15 is 0 Å². The number of hydrogen-bond acceptors (Lipinski definition) is 3. The molecule has 104 valence electrons. The van der Waals surface area contributed by atoms with E-state index in [0.29, 0.717) is 23.1 Å². The highest BCUT2D eigenvalue weighted by molar-refractivity contribution is 7.91. The Hall–Kier alpha value is -1.62. The van der Waals surface area contributed by atoms with Crippen LogP contribution in [0.15, 0.2) is 29.2 Å². The van der Waals surface area contributed by atoms with Gasteiger partial charge in [-0.1, -0.05) is 25.1 Å². The monoisotopic (exact) mass is 282 g/mol. The molecule has 1 aromatic carbocycles. The van der Waals surface area contributed by atoms with E-state index in [1.165, 1.54) is 6.07 Å². The minimum atomic E-state index is -3.54. The van der Waals surface area contributed by atoms with Crippen LogP contribution in [0.3, 0.4) is 0 Å². The van der Waals surface area contributed by atoms with Crippen molar-refractivity contribution in [3.8, 4) is 0 Å². The minimum absolute atomic E-state index is 0.0197. The molecule has 19 heavy (non-hydrogen) atoms. The van der Waals surface area contributed by atoms with E-state index in [-0.39, 0.29) is 16.2 Å². The number of benzene rings is 1. The van der Waals surface area contributed by atoms with E-state index in [0.717, 1.165) is 0 Å². The zero-order valence-electron chi connectivity index (χ0n) is 11.4. The van der Waals surface area contributed by atoms with Gasteiger partial charge in [-0.25, -0.2) is 13.2 Å². The van der Waals surface area contributed by atoms with Gasteiger partial charge in [0.2, 0.25) is 0 Å². The molecule has 1 rings (SSSR count). The Labute approximate surface area is 113 Å². The first-order valence-corrected chi connectivity index (χ1v) is 7.58. The molecule has 1 aromatic rings. The van der Waals surface area contributed by atoms with Crippen LogP contribution in [0.25, 0.3) is 0 Å². The van der Waals surface area contributed by atoms with Crippen molar-refractivity contribution in [2.75, 3.05) is 5.75 Å². The fraction of sp³-hybridized carbons (Fsp3) is 0.357. The molecule has 0 aliphatic carbocycles. The third-order valence-corrected chi connectivity index (χ3v) is 4.88. The number of aromatic carboxylic acids is 1. The predicted octanol–water partition coefficient (Wildman–Crippen LogP) is 2.74. The zero-order valence-corrected chi connectivity index (χ0v) is 12.2. The Bertz CT molecular complexity index is 627. The van der Waals surface area contributed by atoms with Crippen molar-refractivity contribution >= 4 is 15.8 Å². The van der Waals surface area contributed by atoms with Gasteiger partial charge in [0, 0.05) is 0 Å². The molecule has 1 N–H and O–H groups in total. The van der Waals surface area contributed by atoms with Crippen LogP contribution in [0.4, 0.5) is 0 Å². The number of hydrogen-bond donors (Lipinski definition) is 1. The smallest absolute Gasteiger partial charge is 0.335 e. The summed E-state index contributed by atoms with van der Waals surface area (Å²) in [7, 11) is -3.54. The summed E-state index contributed by atoms with van der Waals surface area (Å²) in [6, 6.07) is 2.83. The van der Waals surface area contributed by atoms with Crippen LogP contribution < -0.4 is 0 Å². The van der Waals surface area contributed by atoms with Crippen molar-refractivity contribution < 1.29 is 18.3 Å². The van der Waals surface area contributed by atoms with E-state index in [1.807, 2.05) is 6.92 Å². The van der Waals surface area contributed by atoms with E-state index < -0.39 is 15.8 Å². The van der Waals surface area contributed by atoms with Crippen LogP contribution in [0.2, 0.25) is 0 Å². The van der Waals surface area contributed by atoms with E-state index in [9.17, 15) is 13.2 Å². The average Bonchev–Trinajstić information content (AvgIpc) is 2.27. The highest BCUT2D eigenvalue weighted by atomic mass is 32.2. The topological polar surface area (TPSA) is 71.4 Å². The van der Waals surface area contributed by atoms with E-state index in [2.05, 4.69) is 6.58 Å². The molecule has 0 unspecified atom stereocenters. The summed E-state index contributed by atoms with van der Waals surface area (Å²) < 4.78 is 24.5. The zero-order chi connectivity index (χ0) is 14.8. The SMILES string of the molecule is C=C(CC)CS(=O)(=O)c1cc(C(=O)O)c(C)cc1C. The van der Waals surface area contributed by atoms with Gasteiger partial charge in [-0.15, -0.1) is 0 Å². The van der Waals surface area contributed by atoms with Crippen LogP contribution in [-0.4, -0.2) is 25.2 Å². The molecule has 0 fully saturated rings. The molecule has 0 radical (unpaired) electrons. The molecule has 0 atom stereocenters. The summed E-state index contributed by atoms with van der Waals surface area (Å²) in [5, 5.41) is 9.06. The van der Waals surface area contributed by atoms with Gasteiger partial charge in [-0.3, -0.25) is 0 Å². The van der Waals surface area contributed by atoms with Crippen LogP contribution in [-0.2, 0) is 9.84 Å². The normalized spacial score (nSPS) is 11.3. The van der Waals surface area contributed by atoms with Crippen molar-refractivity contribution in [1.29, 1.82) is 0 Å². The number of carbonyl (C=O) groups is 1. The molecular formula is C14H18O4S. The van der Waals surface area contributed by atoms with Crippen LogP contribution >= 0.6 is 0 Å². The van der Waals surface area contributed by atoms with E-state index in [1.54, 1.807) is 19.9 Å². The molecule has 0 bridgehead atoms. The molecule has 0 aliphatic heterocycles. The number of carboxylic acids is 1. The third kappa shape index (κ3) is 3.44. The Morgan fingerprint density at radius 2 is 1.84 bits per heavy atom. The van der Waals surface area contributed by atoms with Gasteiger partial charge in [-0.2, -0.15) is 0 Å². The number of aryl methyl sites for hydroxylation is 2. The van der Waals surface area contributed by atoms with Crippen LogP contribution in [0.1, 0.15) is 34.8 Å². The predicted molar refractivity (Wildman–Crippen MR) is 74.4 cm³/mol. The summed E-state index contributed by atoms with van der Waals surface area (Å²) >= 11 is 0. The lowest BCUT2D eigenvalue weighted by Crippen LogP contribution is -2.12. The van der Waals surface area contributed by atoms with Crippen molar-refractivity contribution in [3.63, 3.8) is 0 Å². The molecule has 0 saturated carbocycles. The lowest BCUT2D eigenvalue weighted by atomic mass is 10.1. The number of sulfone groups is 1. The van der Waals surface area contributed by atoms with Crippen molar-refractivity contribution in [1.82, 2.24) is 0 Å². The molecule has 0 aromatic heterocycles. The standard InChI is InChI=1S/C14H18O4S/c1-5-9(2)8-19(17,18)13-7-12(14(15)16)10(3)6-11(13)4/h6-7H,2,5,8H2,1,3-4H3,(H,15,16). The molecule has 0 aliphatic rings. The maximum absolute atomic E-state index is 12.3. The second kappa shape index (κ2) is 5.57. The van der Waals surface area contributed by atoms with Gasteiger partial charge in [0.05, 0.1) is 16.2 Å². The highest BCUT2D eigenvalue weighted by Gasteiger charge is 2.21. The van der Waals surface area contributed by atoms with Crippen LogP contribution in [0, 0.1) is 13.8 Å². The van der Waals surface area contributed by atoms with Crippen molar-refractivity contribution in [2.45, 2.75) is 32.1 Å². The second-order valence-corrected chi connectivity index (χ2v) is 6.56. The molecule has 4 nitrogen and oxygen atoms in total. The lowest BCUT2D eigenvalue weighted by Gasteiger charge is -2.11. The van der Waals surface area contributed by atoms with Gasteiger partial charge in [0.1, 0.15) is 0 Å². The van der Waals surface area contributed by atoms with Gasteiger partial charge in [0.25, 0.3) is 0 Å². The van der Waals surface area contributed by atoms with Crippen LogP contribution in [0.5, 0.6) is 0 Å². The summed E-state index contributed by atoms with van der Waals surface area (Å²) in [4.78, 5) is 11.2. The summed E-state index contributed by atoms with van der Waals surface area (Å²) in [6.45, 7) is 8.85. The van der Waals surface area contributed by atoms with Gasteiger partial charge in [0.15, 0.2) is 9.84 Å². The Morgan fingerprint density at radius 3 is 2.32 bits per heavy atom. The second-order valence-electron chi connectivity index (χ2n) is 4.60. The maximum Gasteiger partial charge on any atom is 0.335 e. The fourth-order valence-corrected chi connectivity index (χ4v) is 3.59. The molecular weight excluding hydrogens is 264 g/mol. The van der Waals surface area contributed by atoms with Gasteiger partial charge < -0.3 is 5.11 Å². The number of carboxylic acid groups (broad SMARTS) is 1. The molecule has 0 heterocycles. The van der Waals surface area contributed by atoms with E-state index in [4.69, 9.17) is 5.11 Å². The minimum Gasteiger partial charge on any atom is -0.478 e. The molecule has 0 spiro atoms. The largest absolute Gasteiger partial charge is 0.478 e. The first kappa shape index (κ1) is 15.4. The van der Waals surface area contributed by atoms with Gasteiger partial charge >= 0.3 is 5.97 Å². The molecule has 0 saturated heterocycles. The Kier molecular flexibility index (Phi) is 4.52. The van der Waals surface area contributed by atoms with Gasteiger partial charge in [-0.05, 0) is 37.5 Å². The quantitative estimate of drug-likeness (QED) is 0.843. The number of rotatable bonds is 5. The average molecular weight is 282 g/mol. The first-order valence-electron chi connectivity index (χ1n) is 5.93. The molecule has 0 amide bonds. The highest BCUT2D eigenvalue weighted by Crippen LogP contribution is 2.23. The van der Waals surface area contributed by atoms with Crippen molar-refractivity contribution in [3.05, 3.63) is 41.0 Å². The Balaban J connectivity index is 3.38. The first-order chi connectivity index (χ1) is 8.69. The third-order valence-electron chi connectivity index (χ3n) is 2.98. The maximum atomic E-state index is 12.3. The molecule has 5 heteroatoms. The Morgan fingerprint density at radius 1 is 1.26 bits per heavy atom.